The summed E-state index contributed by atoms with van der Waals surface area (Å²) in [6.45, 7) is 4.26. The maximum Gasteiger partial charge on any atom is 0.215 e. The Balaban J connectivity index is 2.32. The summed E-state index contributed by atoms with van der Waals surface area (Å²) in [5.74, 6) is 0.456. The first-order valence-corrected chi connectivity index (χ1v) is 6.99. The van der Waals surface area contributed by atoms with Crippen molar-refractivity contribution in [1.82, 2.24) is 4.98 Å². The van der Waals surface area contributed by atoms with E-state index in [-0.39, 0.29) is 11.8 Å². The van der Waals surface area contributed by atoms with Crippen molar-refractivity contribution in [1.29, 1.82) is 0 Å². The van der Waals surface area contributed by atoms with Crippen molar-refractivity contribution in [2.24, 2.45) is 5.73 Å². The van der Waals surface area contributed by atoms with Gasteiger partial charge in [0.2, 0.25) is 5.78 Å². The predicted octanol–water partition coefficient (Wildman–Crippen LogP) is 2.79. The fourth-order valence-corrected chi connectivity index (χ4v) is 2.43. The molecule has 2 N–H and O–H groups in total. The first-order valence-electron chi connectivity index (χ1n) is 6.11. The lowest BCUT2D eigenvalue weighted by Gasteiger charge is -2.07. The van der Waals surface area contributed by atoms with Crippen LogP contribution in [-0.2, 0) is 0 Å². The molecular weight excluding hydrogens is 260 g/mol. The molecule has 0 fully saturated rings. The minimum Gasteiger partial charge on any atom is -0.493 e. The van der Waals surface area contributed by atoms with Crippen LogP contribution in [0, 0.1) is 0 Å². The highest BCUT2D eigenvalue weighted by atomic mass is 32.1. The first-order chi connectivity index (χ1) is 9.13. The molecule has 5 heteroatoms. The Hall–Kier alpha value is -1.72. The topological polar surface area (TPSA) is 65.2 Å². The molecule has 0 aliphatic heterocycles. The fourth-order valence-electron chi connectivity index (χ4n) is 1.67. The second-order valence-corrected chi connectivity index (χ2v) is 5.01. The van der Waals surface area contributed by atoms with Gasteiger partial charge in [-0.05, 0) is 26.0 Å². The summed E-state index contributed by atoms with van der Waals surface area (Å²) in [6, 6.07) is 7.03. The number of aromatic nitrogens is 1. The van der Waals surface area contributed by atoms with Crippen molar-refractivity contribution in [3.05, 3.63) is 45.9 Å². The van der Waals surface area contributed by atoms with E-state index in [1.807, 2.05) is 26.0 Å². The van der Waals surface area contributed by atoms with Gasteiger partial charge in [0.25, 0.3) is 0 Å². The zero-order valence-electron chi connectivity index (χ0n) is 10.9. The number of carbonyl (C=O) groups is 1. The van der Waals surface area contributed by atoms with E-state index in [9.17, 15) is 4.79 Å². The summed E-state index contributed by atoms with van der Waals surface area (Å²) in [7, 11) is 0. The number of benzene rings is 1. The third kappa shape index (κ3) is 3.00. The van der Waals surface area contributed by atoms with Crippen LogP contribution in [0.25, 0.3) is 0 Å². The summed E-state index contributed by atoms with van der Waals surface area (Å²) in [6.07, 6.45) is 0. The highest BCUT2D eigenvalue weighted by Crippen LogP contribution is 2.23. The SMILES string of the molecule is CCOc1ccccc1C(=O)c1csc(C(C)N)n1. The second kappa shape index (κ2) is 5.95. The van der Waals surface area contributed by atoms with Gasteiger partial charge in [-0.25, -0.2) is 4.98 Å². The number of hydrogen-bond donors (Lipinski definition) is 1. The molecule has 1 atom stereocenters. The number of ketones is 1. The fraction of sp³-hybridized carbons (Fsp3) is 0.286. The summed E-state index contributed by atoms with van der Waals surface area (Å²) in [5, 5.41) is 2.50. The monoisotopic (exact) mass is 276 g/mol. The molecule has 0 aliphatic rings. The summed E-state index contributed by atoms with van der Waals surface area (Å²) in [5.41, 5.74) is 6.71. The van der Waals surface area contributed by atoms with Gasteiger partial charge in [-0.3, -0.25) is 4.79 Å². The number of para-hydroxylation sites is 1. The van der Waals surface area contributed by atoms with E-state index in [4.69, 9.17) is 10.5 Å². The maximum atomic E-state index is 12.4. The highest BCUT2D eigenvalue weighted by Gasteiger charge is 2.18. The van der Waals surface area contributed by atoms with Crippen molar-refractivity contribution < 1.29 is 9.53 Å². The molecule has 1 aromatic carbocycles. The molecule has 0 saturated heterocycles. The minimum absolute atomic E-state index is 0.132. The Morgan fingerprint density at radius 3 is 2.84 bits per heavy atom. The van der Waals surface area contributed by atoms with Crippen LogP contribution in [0.4, 0.5) is 0 Å². The second-order valence-electron chi connectivity index (χ2n) is 4.12. The van der Waals surface area contributed by atoms with E-state index >= 15 is 0 Å². The molecule has 1 unspecified atom stereocenters. The van der Waals surface area contributed by atoms with Crippen LogP contribution in [0.3, 0.4) is 0 Å². The van der Waals surface area contributed by atoms with Gasteiger partial charge in [-0.15, -0.1) is 11.3 Å². The summed E-state index contributed by atoms with van der Waals surface area (Å²) in [4.78, 5) is 16.7. The lowest BCUT2D eigenvalue weighted by Crippen LogP contribution is -2.08. The van der Waals surface area contributed by atoms with Gasteiger partial charge in [0.15, 0.2) is 0 Å². The van der Waals surface area contributed by atoms with E-state index in [2.05, 4.69) is 4.98 Å². The molecule has 2 rings (SSSR count). The zero-order chi connectivity index (χ0) is 13.8. The van der Waals surface area contributed by atoms with E-state index in [0.717, 1.165) is 5.01 Å². The summed E-state index contributed by atoms with van der Waals surface area (Å²) >= 11 is 1.40. The number of hydrogen-bond acceptors (Lipinski definition) is 5. The lowest BCUT2D eigenvalue weighted by atomic mass is 10.1. The van der Waals surface area contributed by atoms with Crippen LogP contribution < -0.4 is 10.5 Å². The first kappa shape index (κ1) is 13.7. The molecule has 0 spiro atoms. The molecule has 0 aliphatic carbocycles. The predicted molar refractivity (Wildman–Crippen MR) is 75.8 cm³/mol. The van der Waals surface area contributed by atoms with Gasteiger partial charge in [0.05, 0.1) is 18.2 Å². The Labute approximate surface area is 116 Å². The molecule has 0 bridgehead atoms. The third-order valence-electron chi connectivity index (χ3n) is 2.58. The quantitative estimate of drug-likeness (QED) is 0.853. The number of ether oxygens (including phenoxy) is 1. The minimum atomic E-state index is -0.159. The van der Waals surface area contributed by atoms with Gasteiger partial charge in [0.1, 0.15) is 16.5 Å². The van der Waals surface area contributed by atoms with Crippen LogP contribution in [0.2, 0.25) is 0 Å². The van der Waals surface area contributed by atoms with Crippen LogP contribution in [0.15, 0.2) is 29.6 Å². The van der Waals surface area contributed by atoms with Crippen molar-refractivity contribution in [2.45, 2.75) is 19.9 Å². The molecule has 1 aromatic heterocycles. The van der Waals surface area contributed by atoms with E-state index in [1.165, 1.54) is 11.3 Å². The third-order valence-corrected chi connectivity index (χ3v) is 3.62. The Morgan fingerprint density at radius 2 is 2.21 bits per heavy atom. The number of rotatable bonds is 5. The van der Waals surface area contributed by atoms with E-state index < -0.39 is 0 Å². The molecular formula is C14H16N2O2S. The van der Waals surface area contributed by atoms with Gasteiger partial charge in [0, 0.05) is 5.38 Å². The van der Waals surface area contributed by atoms with Gasteiger partial charge in [-0.1, -0.05) is 12.1 Å². The van der Waals surface area contributed by atoms with Crippen LogP contribution in [0.5, 0.6) is 5.75 Å². The van der Waals surface area contributed by atoms with Crippen molar-refractivity contribution >= 4 is 17.1 Å². The van der Waals surface area contributed by atoms with Crippen LogP contribution in [-0.4, -0.2) is 17.4 Å². The number of thiazole rings is 1. The Bertz CT molecular complexity index is 578. The lowest BCUT2D eigenvalue weighted by molar-refractivity contribution is 0.103. The van der Waals surface area contributed by atoms with Gasteiger partial charge in [-0.2, -0.15) is 0 Å². The molecule has 19 heavy (non-hydrogen) atoms. The van der Waals surface area contributed by atoms with Crippen LogP contribution >= 0.6 is 11.3 Å². The molecule has 100 valence electrons. The van der Waals surface area contributed by atoms with Gasteiger partial charge < -0.3 is 10.5 Å². The molecule has 0 radical (unpaired) electrons. The smallest absolute Gasteiger partial charge is 0.215 e. The maximum absolute atomic E-state index is 12.4. The summed E-state index contributed by atoms with van der Waals surface area (Å²) < 4.78 is 5.46. The molecule has 0 saturated carbocycles. The van der Waals surface area contributed by atoms with Crippen molar-refractivity contribution in [3.63, 3.8) is 0 Å². The molecule has 4 nitrogen and oxygen atoms in total. The average Bonchev–Trinajstić information content (AvgIpc) is 2.89. The largest absolute Gasteiger partial charge is 0.493 e. The average molecular weight is 276 g/mol. The highest BCUT2D eigenvalue weighted by molar-refractivity contribution is 7.09. The Morgan fingerprint density at radius 1 is 1.47 bits per heavy atom. The normalized spacial score (nSPS) is 12.2. The zero-order valence-corrected chi connectivity index (χ0v) is 11.7. The van der Waals surface area contributed by atoms with Crippen molar-refractivity contribution in [2.75, 3.05) is 6.61 Å². The number of nitrogens with two attached hydrogens (primary N) is 1. The molecule has 1 heterocycles. The van der Waals surface area contributed by atoms with E-state index in [0.29, 0.717) is 23.6 Å². The molecule has 2 aromatic rings. The molecule has 0 amide bonds. The van der Waals surface area contributed by atoms with E-state index in [1.54, 1.807) is 17.5 Å². The van der Waals surface area contributed by atoms with Crippen LogP contribution in [0.1, 0.15) is 40.9 Å². The standard InChI is InChI=1S/C14H16N2O2S/c1-3-18-12-7-5-4-6-10(12)13(17)11-8-19-14(16-11)9(2)15/h4-9H,3,15H2,1-2H3. The number of nitrogens with zero attached hydrogens (tertiary/aromatic N) is 1. The number of carbonyl (C=O) groups excluding carboxylic acids is 1. The van der Waals surface area contributed by atoms with Gasteiger partial charge >= 0.3 is 0 Å². The Kier molecular flexibility index (Phi) is 4.29. The van der Waals surface area contributed by atoms with Crippen molar-refractivity contribution in [3.8, 4) is 5.75 Å².